The second-order valence-electron chi connectivity index (χ2n) is 7.26. The van der Waals surface area contributed by atoms with Crippen molar-refractivity contribution in [2.24, 2.45) is 5.92 Å². The van der Waals surface area contributed by atoms with E-state index in [0.717, 1.165) is 11.1 Å². The van der Waals surface area contributed by atoms with Crippen LogP contribution in [0.2, 0.25) is 10.0 Å². The van der Waals surface area contributed by atoms with E-state index in [1.807, 2.05) is 32.0 Å². The van der Waals surface area contributed by atoms with Gasteiger partial charge in [0.15, 0.2) is 9.84 Å². The number of hydrogen-bond acceptors (Lipinski definition) is 3. The van der Waals surface area contributed by atoms with E-state index in [1.54, 1.807) is 29.2 Å². The van der Waals surface area contributed by atoms with Gasteiger partial charge in [-0.1, -0.05) is 55.2 Å². The number of nitrogens with zero attached hydrogens (tertiary/aromatic N) is 1. The highest BCUT2D eigenvalue weighted by Gasteiger charge is 2.39. The maximum Gasteiger partial charge on any atom is 0.253 e. The summed E-state index contributed by atoms with van der Waals surface area (Å²) in [6.07, 6.45) is 0. The summed E-state index contributed by atoms with van der Waals surface area (Å²) in [6, 6.07) is 12.6. The molecule has 1 heterocycles. The molecule has 0 radical (unpaired) electrons. The molecule has 1 fully saturated rings. The van der Waals surface area contributed by atoms with Crippen molar-refractivity contribution in [2.75, 3.05) is 18.8 Å². The van der Waals surface area contributed by atoms with Gasteiger partial charge in [0.05, 0.1) is 21.0 Å². The Kier molecular flexibility index (Phi) is 5.84. The number of carbonyl (C=O) groups is 1. The second-order valence-corrected chi connectivity index (χ2v) is 10.4. The van der Waals surface area contributed by atoms with Crippen molar-refractivity contribution < 1.29 is 13.2 Å². The standard InChI is InChI=1S/C20H21Cl2NO3S/c1-13(2)12-27(25,26)17-10-23(11-17)20(24)15-5-3-14(4-6-15)16-7-8-18(21)19(22)9-16/h3-9,13,17H,10-12H2,1-2H3. The van der Waals surface area contributed by atoms with E-state index >= 15 is 0 Å². The molecule has 1 aliphatic heterocycles. The van der Waals surface area contributed by atoms with Crippen molar-refractivity contribution in [3.63, 3.8) is 0 Å². The van der Waals surface area contributed by atoms with Crippen LogP contribution in [0.25, 0.3) is 11.1 Å². The molecule has 0 aliphatic carbocycles. The van der Waals surface area contributed by atoms with E-state index < -0.39 is 15.1 Å². The molecule has 0 saturated carbocycles. The maximum atomic E-state index is 12.6. The monoisotopic (exact) mass is 425 g/mol. The third-order valence-electron chi connectivity index (χ3n) is 4.59. The number of likely N-dealkylation sites (tertiary alicyclic amines) is 1. The van der Waals surface area contributed by atoms with Crippen LogP contribution in [0.5, 0.6) is 0 Å². The van der Waals surface area contributed by atoms with Gasteiger partial charge in [0.2, 0.25) is 0 Å². The van der Waals surface area contributed by atoms with Crippen molar-refractivity contribution in [3.05, 3.63) is 58.1 Å². The third kappa shape index (κ3) is 4.48. The van der Waals surface area contributed by atoms with Crippen molar-refractivity contribution in [2.45, 2.75) is 19.1 Å². The van der Waals surface area contributed by atoms with Gasteiger partial charge in [0.1, 0.15) is 0 Å². The molecule has 4 nitrogen and oxygen atoms in total. The van der Waals surface area contributed by atoms with Gasteiger partial charge in [-0.2, -0.15) is 0 Å². The number of sulfone groups is 1. The van der Waals surface area contributed by atoms with E-state index in [1.165, 1.54) is 0 Å². The normalized spacial score (nSPS) is 15.1. The molecule has 7 heteroatoms. The molecule has 0 spiro atoms. The van der Waals surface area contributed by atoms with E-state index in [9.17, 15) is 13.2 Å². The first-order valence-corrected chi connectivity index (χ1v) is 11.2. The Morgan fingerprint density at radius 3 is 2.19 bits per heavy atom. The van der Waals surface area contributed by atoms with E-state index in [2.05, 4.69) is 0 Å². The van der Waals surface area contributed by atoms with Gasteiger partial charge in [-0.05, 0) is 41.3 Å². The summed E-state index contributed by atoms with van der Waals surface area (Å²) in [6.45, 7) is 4.30. The second kappa shape index (κ2) is 7.82. The molecule has 0 atom stereocenters. The quantitative estimate of drug-likeness (QED) is 0.705. The molecule has 1 amide bonds. The number of rotatable bonds is 5. The minimum Gasteiger partial charge on any atom is -0.336 e. The zero-order valence-corrected chi connectivity index (χ0v) is 17.5. The molecule has 2 aromatic carbocycles. The lowest BCUT2D eigenvalue weighted by molar-refractivity contribution is 0.0659. The number of benzene rings is 2. The van der Waals surface area contributed by atoms with Gasteiger partial charge in [-0.25, -0.2) is 8.42 Å². The van der Waals surface area contributed by atoms with Crippen LogP contribution in [0, 0.1) is 5.92 Å². The van der Waals surface area contributed by atoms with Crippen molar-refractivity contribution in [1.82, 2.24) is 4.90 Å². The highest BCUT2D eigenvalue weighted by atomic mass is 35.5. The Balaban J connectivity index is 1.66. The summed E-state index contributed by atoms with van der Waals surface area (Å²) in [5, 5.41) is 0.523. The first kappa shape index (κ1) is 20.2. The van der Waals surface area contributed by atoms with Gasteiger partial charge < -0.3 is 4.90 Å². The van der Waals surface area contributed by atoms with Crippen LogP contribution in [-0.4, -0.2) is 43.3 Å². The summed E-state index contributed by atoms with van der Waals surface area (Å²) in [5.41, 5.74) is 2.37. The highest BCUT2D eigenvalue weighted by Crippen LogP contribution is 2.29. The van der Waals surface area contributed by atoms with Gasteiger partial charge in [0, 0.05) is 18.7 Å². The summed E-state index contributed by atoms with van der Waals surface area (Å²) in [7, 11) is -3.14. The van der Waals surface area contributed by atoms with Gasteiger partial charge in [-0.15, -0.1) is 0 Å². The fraction of sp³-hybridized carbons (Fsp3) is 0.350. The van der Waals surface area contributed by atoms with Crippen LogP contribution in [0.3, 0.4) is 0 Å². The summed E-state index contributed by atoms with van der Waals surface area (Å²) < 4.78 is 24.4. The summed E-state index contributed by atoms with van der Waals surface area (Å²) in [4.78, 5) is 14.1. The number of amides is 1. The Morgan fingerprint density at radius 2 is 1.63 bits per heavy atom. The zero-order chi connectivity index (χ0) is 19.8. The molecule has 0 aromatic heterocycles. The minimum atomic E-state index is -3.14. The molecule has 1 aliphatic rings. The Labute approximate surface area is 170 Å². The molecule has 27 heavy (non-hydrogen) atoms. The van der Waals surface area contributed by atoms with Crippen LogP contribution >= 0.6 is 23.2 Å². The largest absolute Gasteiger partial charge is 0.336 e. The van der Waals surface area contributed by atoms with E-state index in [0.29, 0.717) is 15.6 Å². The predicted molar refractivity (Wildman–Crippen MR) is 110 cm³/mol. The number of carbonyl (C=O) groups excluding carboxylic acids is 1. The van der Waals surface area contributed by atoms with Crippen LogP contribution in [-0.2, 0) is 9.84 Å². The number of hydrogen-bond donors (Lipinski definition) is 0. The fourth-order valence-corrected chi connectivity index (χ4v) is 5.41. The van der Waals surface area contributed by atoms with E-state index in [4.69, 9.17) is 23.2 Å². The lowest BCUT2D eigenvalue weighted by Crippen LogP contribution is -2.57. The average Bonchev–Trinajstić information content (AvgIpc) is 2.54. The fourth-order valence-electron chi connectivity index (χ4n) is 3.10. The Bertz CT molecular complexity index is 950. The molecular weight excluding hydrogens is 405 g/mol. The van der Waals surface area contributed by atoms with Crippen LogP contribution in [0.4, 0.5) is 0 Å². The zero-order valence-electron chi connectivity index (χ0n) is 15.2. The minimum absolute atomic E-state index is 0.0914. The van der Waals surface area contributed by atoms with Crippen molar-refractivity contribution >= 4 is 38.9 Å². The molecule has 0 unspecified atom stereocenters. The topological polar surface area (TPSA) is 54.5 Å². The maximum absolute atomic E-state index is 12.6. The van der Waals surface area contributed by atoms with Crippen LogP contribution < -0.4 is 0 Å². The highest BCUT2D eigenvalue weighted by molar-refractivity contribution is 7.92. The van der Waals surface area contributed by atoms with Crippen LogP contribution in [0.1, 0.15) is 24.2 Å². The molecule has 1 saturated heterocycles. The molecule has 0 bridgehead atoms. The lowest BCUT2D eigenvalue weighted by Gasteiger charge is -2.39. The van der Waals surface area contributed by atoms with E-state index in [-0.39, 0.29) is 30.7 Å². The third-order valence-corrected chi connectivity index (χ3v) is 7.78. The van der Waals surface area contributed by atoms with Gasteiger partial charge >= 0.3 is 0 Å². The molecule has 144 valence electrons. The SMILES string of the molecule is CC(C)CS(=O)(=O)C1CN(C(=O)c2ccc(-c3ccc(Cl)c(Cl)c3)cc2)C1. The Morgan fingerprint density at radius 1 is 1.04 bits per heavy atom. The number of halogens is 2. The molecule has 0 N–H and O–H groups in total. The first-order valence-electron chi connectivity index (χ1n) is 8.73. The smallest absolute Gasteiger partial charge is 0.253 e. The van der Waals surface area contributed by atoms with Gasteiger partial charge in [0.25, 0.3) is 5.91 Å². The Hall–Kier alpha value is -1.56. The van der Waals surface area contributed by atoms with Gasteiger partial charge in [-0.3, -0.25) is 4.79 Å². The average molecular weight is 426 g/mol. The summed E-state index contributed by atoms with van der Waals surface area (Å²) in [5.74, 6) is 0.109. The van der Waals surface area contributed by atoms with Crippen molar-refractivity contribution in [1.29, 1.82) is 0 Å². The molecule has 2 aromatic rings. The van der Waals surface area contributed by atoms with Crippen molar-refractivity contribution in [3.8, 4) is 11.1 Å². The van der Waals surface area contributed by atoms with Crippen LogP contribution in [0.15, 0.2) is 42.5 Å². The summed E-state index contributed by atoms with van der Waals surface area (Å²) >= 11 is 12.0. The predicted octanol–water partition coefficient (Wildman–Crippen LogP) is 4.56. The lowest BCUT2D eigenvalue weighted by atomic mass is 10.0. The first-order chi connectivity index (χ1) is 12.7. The molecular formula is C20H21Cl2NO3S. The molecule has 3 rings (SSSR count).